The van der Waals surface area contributed by atoms with Gasteiger partial charge in [0.1, 0.15) is 0 Å². The molecule has 0 N–H and O–H groups in total. The first-order valence-electron chi connectivity index (χ1n) is 9.82. The van der Waals surface area contributed by atoms with Crippen molar-refractivity contribution >= 4 is 5.91 Å². The van der Waals surface area contributed by atoms with Crippen LogP contribution in [0, 0.1) is 11.3 Å². The molecule has 2 fully saturated rings. The number of rotatable bonds is 4. The summed E-state index contributed by atoms with van der Waals surface area (Å²) in [7, 11) is 0. The molecule has 4 rings (SSSR count). The van der Waals surface area contributed by atoms with Gasteiger partial charge in [0, 0.05) is 43.7 Å². The highest BCUT2D eigenvalue weighted by atomic mass is 16.5. The molecule has 6 nitrogen and oxygen atoms in total. The Balaban J connectivity index is 1.61. The summed E-state index contributed by atoms with van der Waals surface area (Å²) in [5.74, 6) is 1.91. The Kier molecular flexibility index (Phi) is 5.00. The van der Waals surface area contributed by atoms with E-state index in [-0.39, 0.29) is 17.2 Å². The van der Waals surface area contributed by atoms with Gasteiger partial charge in [0.05, 0.1) is 5.92 Å². The maximum Gasteiger partial charge on any atom is 0.232 e. The third-order valence-electron chi connectivity index (χ3n) is 5.84. The molecular weight excluding hydrogens is 342 g/mol. The van der Waals surface area contributed by atoms with Crippen LogP contribution >= 0.6 is 0 Å². The van der Waals surface area contributed by atoms with E-state index in [0.717, 1.165) is 38.2 Å². The van der Waals surface area contributed by atoms with Crippen LogP contribution in [-0.4, -0.2) is 47.3 Å². The zero-order valence-corrected chi connectivity index (χ0v) is 16.1. The first-order valence-corrected chi connectivity index (χ1v) is 9.82. The minimum Gasteiger partial charge on any atom is -0.381 e. The lowest BCUT2D eigenvalue weighted by Gasteiger charge is -2.36. The second-order valence-corrected chi connectivity index (χ2v) is 8.22. The molecular formula is C21H27N3O3. The molecule has 3 heterocycles. The largest absolute Gasteiger partial charge is 0.381 e. The molecule has 1 atom stereocenters. The normalized spacial score (nSPS) is 21.9. The first-order chi connectivity index (χ1) is 13.1. The van der Waals surface area contributed by atoms with Gasteiger partial charge in [-0.2, -0.15) is 4.98 Å². The average molecular weight is 369 g/mol. The smallest absolute Gasteiger partial charge is 0.232 e. The standard InChI is InChI=1S/C21H27N3O3/c1-15(2)12-18(25)24-13-17(21(14-24)8-10-26-11-9-21)20-22-19(23-27-20)16-6-4-3-5-7-16/h3-7,15,17H,8-14H2,1-2H3. The van der Waals surface area contributed by atoms with Gasteiger partial charge in [-0.25, -0.2) is 0 Å². The van der Waals surface area contributed by atoms with Crippen LogP contribution in [-0.2, 0) is 9.53 Å². The molecule has 1 spiro atoms. The van der Waals surface area contributed by atoms with E-state index in [2.05, 4.69) is 19.0 Å². The van der Waals surface area contributed by atoms with Crippen LogP contribution < -0.4 is 0 Å². The summed E-state index contributed by atoms with van der Waals surface area (Å²) in [6.45, 7) is 7.03. The summed E-state index contributed by atoms with van der Waals surface area (Å²) in [5, 5.41) is 4.21. The minimum absolute atomic E-state index is 0.0224. The fraction of sp³-hybridized carbons (Fsp3) is 0.571. The number of nitrogens with zero attached hydrogens (tertiary/aromatic N) is 3. The lowest BCUT2D eigenvalue weighted by Crippen LogP contribution is -2.37. The number of aromatic nitrogens is 2. The fourth-order valence-electron chi connectivity index (χ4n) is 4.34. The summed E-state index contributed by atoms with van der Waals surface area (Å²) in [4.78, 5) is 19.4. The van der Waals surface area contributed by atoms with E-state index in [0.29, 0.717) is 30.6 Å². The Hall–Kier alpha value is -2.21. The molecule has 27 heavy (non-hydrogen) atoms. The predicted octanol–water partition coefficient (Wildman–Crippen LogP) is 3.51. The summed E-state index contributed by atoms with van der Waals surface area (Å²) >= 11 is 0. The fourth-order valence-corrected chi connectivity index (χ4v) is 4.34. The highest BCUT2D eigenvalue weighted by Gasteiger charge is 2.51. The van der Waals surface area contributed by atoms with Gasteiger partial charge < -0.3 is 14.2 Å². The number of carbonyl (C=O) groups excluding carboxylic acids is 1. The maximum atomic E-state index is 12.7. The van der Waals surface area contributed by atoms with Crippen molar-refractivity contribution in [3.05, 3.63) is 36.2 Å². The number of hydrogen-bond donors (Lipinski definition) is 0. The quantitative estimate of drug-likeness (QED) is 0.825. The summed E-state index contributed by atoms with van der Waals surface area (Å²) in [6, 6.07) is 9.86. The van der Waals surface area contributed by atoms with Crippen molar-refractivity contribution in [2.45, 2.75) is 39.0 Å². The molecule has 2 aliphatic heterocycles. The van der Waals surface area contributed by atoms with Crippen LogP contribution in [0.5, 0.6) is 0 Å². The van der Waals surface area contributed by atoms with Crippen LogP contribution in [0.3, 0.4) is 0 Å². The zero-order valence-electron chi connectivity index (χ0n) is 16.1. The highest BCUT2D eigenvalue weighted by molar-refractivity contribution is 5.77. The summed E-state index contributed by atoms with van der Waals surface area (Å²) < 4.78 is 11.3. The topological polar surface area (TPSA) is 68.5 Å². The number of hydrogen-bond acceptors (Lipinski definition) is 5. The number of carbonyl (C=O) groups is 1. The van der Waals surface area contributed by atoms with Crippen LogP contribution in [0.25, 0.3) is 11.4 Å². The van der Waals surface area contributed by atoms with Crippen molar-refractivity contribution in [1.82, 2.24) is 15.0 Å². The predicted molar refractivity (Wildman–Crippen MR) is 101 cm³/mol. The van der Waals surface area contributed by atoms with Gasteiger partial charge in [0.15, 0.2) is 0 Å². The SMILES string of the molecule is CC(C)CC(=O)N1CC(c2nc(-c3ccccc3)no2)C2(CCOCC2)C1. The first kappa shape index (κ1) is 18.2. The molecule has 2 aliphatic rings. The van der Waals surface area contributed by atoms with Gasteiger partial charge in [-0.3, -0.25) is 4.79 Å². The van der Waals surface area contributed by atoms with Crippen LogP contribution in [0.1, 0.15) is 44.9 Å². The van der Waals surface area contributed by atoms with E-state index in [4.69, 9.17) is 14.2 Å². The molecule has 1 unspecified atom stereocenters. The lowest BCUT2D eigenvalue weighted by molar-refractivity contribution is -0.131. The number of likely N-dealkylation sites (tertiary alicyclic amines) is 1. The molecule has 0 saturated carbocycles. The second kappa shape index (κ2) is 7.43. The Morgan fingerprint density at radius 2 is 2.00 bits per heavy atom. The van der Waals surface area contributed by atoms with E-state index in [1.807, 2.05) is 35.2 Å². The second-order valence-electron chi connectivity index (χ2n) is 8.22. The molecule has 2 aromatic rings. The molecule has 1 amide bonds. The third-order valence-corrected chi connectivity index (χ3v) is 5.84. The molecule has 6 heteroatoms. The Morgan fingerprint density at radius 1 is 1.26 bits per heavy atom. The van der Waals surface area contributed by atoms with E-state index in [1.54, 1.807) is 0 Å². The Labute approximate surface area is 159 Å². The van der Waals surface area contributed by atoms with Crippen molar-refractivity contribution in [3.63, 3.8) is 0 Å². The number of ether oxygens (including phenoxy) is 1. The molecule has 0 radical (unpaired) electrons. The van der Waals surface area contributed by atoms with Crippen LogP contribution in [0.4, 0.5) is 0 Å². The van der Waals surface area contributed by atoms with Crippen LogP contribution in [0.15, 0.2) is 34.9 Å². The van der Waals surface area contributed by atoms with Gasteiger partial charge in [-0.15, -0.1) is 0 Å². The third kappa shape index (κ3) is 3.63. The van der Waals surface area contributed by atoms with E-state index in [1.165, 1.54) is 0 Å². The Bertz CT molecular complexity index is 781. The zero-order chi connectivity index (χ0) is 18.9. The van der Waals surface area contributed by atoms with Crippen molar-refractivity contribution in [3.8, 4) is 11.4 Å². The Morgan fingerprint density at radius 3 is 2.70 bits per heavy atom. The molecule has 1 aromatic heterocycles. The van der Waals surface area contributed by atoms with Crippen molar-refractivity contribution in [2.75, 3.05) is 26.3 Å². The van der Waals surface area contributed by atoms with Crippen LogP contribution in [0.2, 0.25) is 0 Å². The van der Waals surface area contributed by atoms with Crippen molar-refractivity contribution < 1.29 is 14.1 Å². The van der Waals surface area contributed by atoms with Crippen molar-refractivity contribution in [1.29, 1.82) is 0 Å². The van der Waals surface area contributed by atoms with Gasteiger partial charge in [0.25, 0.3) is 0 Å². The molecule has 144 valence electrons. The molecule has 1 aromatic carbocycles. The van der Waals surface area contributed by atoms with E-state index >= 15 is 0 Å². The molecule has 2 saturated heterocycles. The van der Waals surface area contributed by atoms with Gasteiger partial charge >= 0.3 is 0 Å². The molecule has 0 bridgehead atoms. The van der Waals surface area contributed by atoms with E-state index in [9.17, 15) is 4.79 Å². The van der Waals surface area contributed by atoms with Gasteiger partial charge in [-0.05, 0) is 18.8 Å². The molecule has 0 aliphatic carbocycles. The van der Waals surface area contributed by atoms with E-state index < -0.39 is 0 Å². The maximum absolute atomic E-state index is 12.7. The van der Waals surface area contributed by atoms with Gasteiger partial charge in [0.2, 0.25) is 17.6 Å². The average Bonchev–Trinajstić information content (AvgIpc) is 3.28. The monoisotopic (exact) mass is 369 g/mol. The van der Waals surface area contributed by atoms with Gasteiger partial charge in [-0.1, -0.05) is 49.3 Å². The number of amides is 1. The highest BCUT2D eigenvalue weighted by Crippen LogP contribution is 2.49. The summed E-state index contributed by atoms with van der Waals surface area (Å²) in [6.07, 6.45) is 2.43. The minimum atomic E-state index is -0.0224. The number of benzene rings is 1. The van der Waals surface area contributed by atoms with Crippen molar-refractivity contribution in [2.24, 2.45) is 11.3 Å². The lowest BCUT2D eigenvalue weighted by atomic mass is 9.72. The summed E-state index contributed by atoms with van der Waals surface area (Å²) in [5.41, 5.74) is 0.921.